The van der Waals surface area contributed by atoms with Gasteiger partial charge in [-0.05, 0) is 27.6 Å². The fraction of sp³-hybridized carbons (Fsp3) is 0.200. The van der Waals surface area contributed by atoms with Crippen LogP contribution in [-0.2, 0) is 7.05 Å². The zero-order valence-corrected chi connectivity index (χ0v) is 10.3. The van der Waals surface area contributed by atoms with Crippen LogP contribution in [0.4, 0.5) is 0 Å². The van der Waals surface area contributed by atoms with Crippen molar-refractivity contribution in [1.29, 1.82) is 0 Å². The number of aryl methyl sites for hydroxylation is 1. The minimum atomic E-state index is -0.129. The maximum atomic E-state index is 5.59. The van der Waals surface area contributed by atoms with Crippen molar-refractivity contribution in [2.45, 2.75) is 6.04 Å². The highest BCUT2D eigenvalue weighted by Crippen LogP contribution is 2.26. The van der Waals surface area contributed by atoms with Crippen molar-refractivity contribution in [3.05, 3.63) is 46.5 Å². The number of rotatable bonds is 3. The van der Waals surface area contributed by atoms with Crippen molar-refractivity contribution < 1.29 is 0 Å². The predicted molar refractivity (Wildman–Crippen MR) is 64.3 cm³/mol. The molecule has 2 aromatic heterocycles. The second-order valence-electron chi connectivity index (χ2n) is 3.39. The van der Waals surface area contributed by atoms with Crippen molar-refractivity contribution in [3.8, 4) is 0 Å². The van der Waals surface area contributed by atoms with Gasteiger partial charge >= 0.3 is 0 Å². The Kier molecular flexibility index (Phi) is 3.33. The van der Waals surface area contributed by atoms with E-state index in [9.17, 15) is 0 Å². The molecule has 0 saturated carbocycles. The molecule has 0 aliphatic rings. The summed E-state index contributed by atoms with van der Waals surface area (Å²) in [5.41, 5.74) is 4.73. The summed E-state index contributed by atoms with van der Waals surface area (Å²) in [6.07, 6.45) is 5.26. The van der Waals surface area contributed by atoms with Crippen LogP contribution in [0, 0.1) is 0 Å². The number of hydrazine groups is 1. The molecular formula is C10H12BrN5. The first-order valence-electron chi connectivity index (χ1n) is 4.77. The van der Waals surface area contributed by atoms with Gasteiger partial charge in [-0.1, -0.05) is 6.07 Å². The van der Waals surface area contributed by atoms with Crippen molar-refractivity contribution in [3.63, 3.8) is 0 Å². The Balaban J connectivity index is 2.45. The zero-order valence-electron chi connectivity index (χ0n) is 8.76. The van der Waals surface area contributed by atoms with Gasteiger partial charge < -0.3 is 0 Å². The summed E-state index contributed by atoms with van der Waals surface area (Å²) in [6.45, 7) is 0. The summed E-state index contributed by atoms with van der Waals surface area (Å²) >= 11 is 3.46. The molecule has 1 unspecified atom stereocenters. The fourth-order valence-electron chi connectivity index (χ4n) is 1.62. The van der Waals surface area contributed by atoms with Gasteiger partial charge in [-0.2, -0.15) is 5.10 Å². The molecule has 5 nitrogen and oxygen atoms in total. The number of hydrogen-bond acceptors (Lipinski definition) is 4. The lowest BCUT2D eigenvalue weighted by Gasteiger charge is -2.16. The van der Waals surface area contributed by atoms with Crippen LogP contribution in [0.15, 0.2) is 35.2 Å². The lowest BCUT2D eigenvalue weighted by atomic mass is 10.1. The quantitative estimate of drug-likeness (QED) is 0.654. The smallest absolute Gasteiger partial charge is 0.0904 e. The van der Waals surface area contributed by atoms with Gasteiger partial charge in [0.25, 0.3) is 0 Å². The van der Waals surface area contributed by atoms with E-state index in [0.29, 0.717) is 0 Å². The van der Waals surface area contributed by atoms with Crippen LogP contribution in [0.2, 0.25) is 0 Å². The van der Waals surface area contributed by atoms with E-state index in [-0.39, 0.29) is 6.04 Å². The van der Waals surface area contributed by atoms with E-state index in [1.54, 1.807) is 23.3 Å². The fourth-order valence-corrected chi connectivity index (χ4v) is 2.20. The highest BCUT2D eigenvalue weighted by molar-refractivity contribution is 9.10. The summed E-state index contributed by atoms with van der Waals surface area (Å²) in [5.74, 6) is 5.59. The summed E-state index contributed by atoms with van der Waals surface area (Å²) < 4.78 is 2.70. The van der Waals surface area contributed by atoms with E-state index in [1.807, 2.05) is 19.2 Å². The summed E-state index contributed by atoms with van der Waals surface area (Å²) in [6, 6.07) is 3.72. The molecule has 2 aromatic rings. The minimum Gasteiger partial charge on any atom is -0.271 e. The summed E-state index contributed by atoms with van der Waals surface area (Å²) in [4.78, 5) is 4.08. The first kappa shape index (κ1) is 11.3. The Morgan fingerprint density at radius 3 is 2.81 bits per heavy atom. The number of hydrogen-bond donors (Lipinski definition) is 2. The maximum Gasteiger partial charge on any atom is 0.0904 e. The maximum absolute atomic E-state index is 5.59. The summed E-state index contributed by atoms with van der Waals surface area (Å²) in [5, 5.41) is 4.16. The van der Waals surface area contributed by atoms with Crippen LogP contribution in [0.5, 0.6) is 0 Å². The van der Waals surface area contributed by atoms with Gasteiger partial charge in [0.2, 0.25) is 0 Å². The number of nitrogens with two attached hydrogens (primary N) is 1. The first-order valence-corrected chi connectivity index (χ1v) is 5.56. The highest BCUT2D eigenvalue weighted by Gasteiger charge is 2.19. The highest BCUT2D eigenvalue weighted by atomic mass is 79.9. The van der Waals surface area contributed by atoms with Gasteiger partial charge in [0.05, 0.1) is 22.4 Å². The van der Waals surface area contributed by atoms with Gasteiger partial charge in [0.1, 0.15) is 0 Å². The monoisotopic (exact) mass is 281 g/mol. The Morgan fingerprint density at radius 2 is 2.31 bits per heavy atom. The Morgan fingerprint density at radius 1 is 1.50 bits per heavy atom. The second kappa shape index (κ2) is 4.73. The van der Waals surface area contributed by atoms with E-state index in [1.165, 1.54) is 0 Å². The van der Waals surface area contributed by atoms with Crippen LogP contribution in [-0.4, -0.2) is 14.8 Å². The molecule has 0 bridgehead atoms. The molecule has 2 heterocycles. The molecular weight excluding hydrogens is 270 g/mol. The van der Waals surface area contributed by atoms with Crippen LogP contribution >= 0.6 is 15.9 Å². The number of halogens is 1. The van der Waals surface area contributed by atoms with E-state index < -0.39 is 0 Å². The van der Waals surface area contributed by atoms with Gasteiger partial charge in [0.15, 0.2) is 0 Å². The molecule has 2 rings (SSSR count). The average Bonchev–Trinajstić information content (AvgIpc) is 2.63. The topological polar surface area (TPSA) is 68.8 Å². The van der Waals surface area contributed by atoms with Crippen molar-refractivity contribution in [2.75, 3.05) is 0 Å². The van der Waals surface area contributed by atoms with E-state index in [0.717, 1.165) is 15.7 Å². The molecule has 16 heavy (non-hydrogen) atoms. The Labute approximate surface area is 102 Å². The molecule has 0 fully saturated rings. The number of pyridine rings is 1. The van der Waals surface area contributed by atoms with Crippen LogP contribution in [0.1, 0.15) is 17.3 Å². The Hall–Kier alpha value is -1.24. The zero-order chi connectivity index (χ0) is 11.5. The molecule has 0 aromatic carbocycles. The van der Waals surface area contributed by atoms with Crippen LogP contribution in [0.3, 0.4) is 0 Å². The molecule has 0 aliphatic heterocycles. The molecule has 0 aliphatic carbocycles. The minimum absolute atomic E-state index is 0.129. The number of aromatic nitrogens is 3. The standard InChI is InChI=1S/C10H12BrN5/c1-16-10(8(11)6-14-16)9(15-12)7-3-2-4-13-5-7/h2-6,9,15H,12H2,1H3. The molecule has 0 amide bonds. The lowest BCUT2D eigenvalue weighted by Crippen LogP contribution is -2.30. The predicted octanol–water partition coefficient (Wildman–Crippen LogP) is 1.13. The van der Waals surface area contributed by atoms with Gasteiger partial charge in [-0.15, -0.1) is 0 Å². The molecule has 3 N–H and O–H groups in total. The molecule has 6 heteroatoms. The largest absolute Gasteiger partial charge is 0.271 e. The van der Waals surface area contributed by atoms with Crippen molar-refractivity contribution >= 4 is 15.9 Å². The lowest BCUT2D eigenvalue weighted by molar-refractivity contribution is 0.571. The molecule has 0 radical (unpaired) electrons. The van der Waals surface area contributed by atoms with Crippen LogP contribution < -0.4 is 11.3 Å². The van der Waals surface area contributed by atoms with Crippen molar-refractivity contribution in [1.82, 2.24) is 20.2 Å². The first-order chi connectivity index (χ1) is 7.74. The summed E-state index contributed by atoms with van der Waals surface area (Å²) in [7, 11) is 1.88. The SMILES string of the molecule is Cn1ncc(Br)c1C(NN)c1cccnc1. The molecule has 0 spiro atoms. The molecule has 0 saturated heterocycles. The van der Waals surface area contributed by atoms with Crippen LogP contribution in [0.25, 0.3) is 0 Å². The van der Waals surface area contributed by atoms with Gasteiger partial charge in [0, 0.05) is 19.4 Å². The van der Waals surface area contributed by atoms with Gasteiger partial charge in [-0.3, -0.25) is 15.5 Å². The Bertz CT molecular complexity index is 448. The van der Waals surface area contributed by atoms with E-state index in [4.69, 9.17) is 5.84 Å². The third-order valence-corrected chi connectivity index (χ3v) is 3.01. The number of nitrogens with zero attached hydrogens (tertiary/aromatic N) is 3. The molecule has 84 valence electrons. The second-order valence-corrected chi connectivity index (χ2v) is 4.24. The number of nitrogens with one attached hydrogen (secondary N) is 1. The van der Waals surface area contributed by atoms with E-state index >= 15 is 0 Å². The average molecular weight is 282 g/mol. The van der Waals surface area contributed by atoms with Crippen molar-refractivity contribution in [2.24, 2.45) is 12.9 Å². The normalized spacial score (nSPS) is 12.7. The third kappa shape index (κ3) is 1.99. The molecule has 1 atom stereocenters. The van der Waals surface area contributed by atoms with E-state index in [2.05, 4.69) is 31.4 Å². The van der Waals surface area contributed by atoms with Gasteiger partial charge in [-0.25, -0.2) is 5.43 Å². The third-order valence-electron chi connectivity index (χ3n) is 2.40.